The topological polar surface area (TPSA) is 33.3 Å². The van der Waals surface area contributed by atoms with E-state index in [0.717, 1.165) is 11.4 Å². The van der Waals surface area contributed by atoms with Gasteiger partial charge in [-0.15, -0.1) is 0 Å². The van der Waals surface area contributed by atoms with Gasteiger partial charge in [-0.25, -0.2) is 0 Å². The molecule has 0 aliphatic carbocycles. The summed E-state index contributed by atoms with van der Waals surface area (Å²) in [6.45, 7) is 2.80. The van der Waals surface area contributed by atoms with Gasteiger partial charge in [0.1, 0.15) is 5.75 Å². The van der Waals surface area contributed by atoms with Crippen molar-refractivity contribution in [1.29, 1.82) is 0 Å². The number of hydrogen-bond acceptors (Lipinski definition) is 2. The highest BCUT2D eigenvalue weighted by molar-refractivity contribution is 7.80. The molecule has 0 heterocycles. The van der Waals surface area contributed by atoms with Crippen molar-refractivity contribution in [3.63, 3.8) is 0 Å². The van der Waals surface area contributed by atoms with E-state index < -0.39 is 0 Å². The summed E-state index contributed by atoms with van der Waals surface area (Å²) >= 11 is 5.29. The van der Waals surface area contributed by atoms with Crippen molar-refractivity contribution in [2.45, 2.75) is 13.5 Å². The average Bonchev–Trinajstić information content (AvgIpc) is 2.46. The Bertz CT molecular complexity index is 599. The molecular weight excluding hydrogens is 268 g/mol. The average molecular weight is 286 g/mol. The Balaban J connectivity index is 1.91. The largest absolute Gasteiger partial charge is 0.497 e. The first-order valence-electron chi connectivity index (χ1n) is 6.42. The number of benzene rings is 2. The highest BCUT2D eigenvalue weighted by Gasteiger charge is 2.01. The second-order valence-corrected chi connectivity index (χ2v) is 4.87. The fourth-order valence-electron chi connectivity index (χ4n) is 1.86. The van der Waals surface area contributed by atoms with Gasteiger partial charge in [0, 0.05) is 18.3 Å². The molecule has 0 aliphatic heterocycles. The molecule has 0 spiro atoms. The molecule has 4 heteroatoms. The summed E-state index contributed by atoms with van der Waals surface area (Å²) in [4.78, 5) is 0. The Labute approximate surface area is 125 Å². The van der Waals surface area contributed by atoms with Crippen LogP contribution in [0, 0.1) is 6.92 Å². The van der Waals surface area contributed by atoms with Crippen molar-refractivity contribution in [2.24, 2.45) is 0 Å². The Morgan fingerprint density at radius 1 is 1.15 bits per heavy atom. The first-order valence-corrected chi connectivity index (χ1v) is 6.83. The summed E-state index contributed by atoms with van der Waals surface area (Å²) in [5.74, 6) is 0.803. The molecule has 2 aromatic rings. The van der Waals surface area contributed by atoms with Gasteiger partial charge in [-0.3, -0.25) is 0 Å². The third kappa shape index (κ3) is 3.96. The normalized spacial score (nSPS) is 9.90. The zero-order valence-electron chi connectivity index (χ0n) is 11.6. The molecule has 0 saturated carbocycles. The van der Waals surface area contributed by atoms with Crippen LogP contribution in [0.1, 0.15) is 11.1 Å². The predicted octanol–water partition coefficient (Wildman–Crippen LogP) is 3.49. The number of methoxy groups -OCH3 is 1. The number of ether oxygens (including phenoxy) is 1. The summed E-state index contributed by atoms with van der Waals surface area (Å²) in [6, 6.07) is 15.9. The lowest BCUT2D eigenvalue weighted by atomic mass is 10.1. The molecule has 2 aromatic carbocycles. The van der Waals surface area contributed by atoms with E-state index in [0.29, 0.717) is 11.7 Å². The predicted molar refractivity (Wildman–Crippen MR) is 87.2 cm³/mol. The molecule has 0 aromatic heterocycles. The fourth-order valence-corrected chi connectivity index (χ4v) is 2.05. The van der Waals surface area contributed by atoms with E-state index in [1.165, 1.54) is 11.1 Å². The summed E-state index contributed by atoms with van der Waals surface area (Å²) in [5, 5.41) is 6.95. The first kappa shape index (κ1) is 14.3. The van der Waals surface area contributed by atoms with Crippen LogP contribution >= 0.6 is 12.2 Å². The van der Waals surface area contributed by atoms with Crippen molar-refractivity contribution in [1.82, 2.24) is 5.32 Å². The van der Waals surface area contributed by atoms with Gasteiger partial charge in [0.05, 0.1) is 7.11 Å². The second-order valence-electron chi connectivity index (χ2n) is 4.47. The van der Waals surface area contributed by atoms with Gasteiger partial charge in [0.15, 0.2) is 5.11 Å². The molecule has 0 unspecified atom stereocenters. The minimum atomic E-state index is 0.599. The Morgan fingerprint density at radius 2 is 1.95 bits per heavy atom. The van der Waals surface area contributed by atoms with Gasteiger partial charge in [0.2, 0.25) is 0 Å². The Morgan fingerprint density at radius 3 is 2.70 bits per heavy atom. The van der Waals surface area contributed by atoms with Crippen LogP contribution in [0.25, 0.3) is 0 Å². The lowest BCUT2D eigenvalue weighted by Crippen LogP contribution is -2.28. The van der Waals surface area contributed by atoms with Gasteiger partial charge >= 0.3 is 0 Å². The third-order valence-electron chi connectivity index (χ3n) is 3.03. The number of aryl methyl sites for hydroxylation is 1. The van der Waals surface area contributed by atoms with Crippen molar-refractivity contribution in [2.75, 3.05) is 12.4 Å². The zero-order chi connectivity index (χ0) is 14.4. The maximum absolute atomic E-state index is 5.29. The van der Waals surface area contributed by atoms with Gasteiger partial charge in [-0.05, 0) is 42.4 Å². The van der Waals surface area contributed by atoms with Gasteiger partial charge in [-0.1, -0.05) is 30.3 Å². The number of rotatable bonds is 4. The van der Waals surface area contributed by atoms with Gasteiger partial charge in [-0.2, -0.15) is 0 Å². The zero-order valence-corrected chi connectivity index (χ0v) is 12.5. The molecule has 0 fully saturated rings. The molecule has 0 atom stereocenters. The molecule has 0 saturated heterocycles. The van der Waals surface area contributed by atoms with Crippen LogP contribution in [0.5, 0.6) is 5.75 Å². The lowest BCUT2D eigenvalue weighted by molar-refractivity contribution is 0.415. The minimum Gasteiger partial charge on any atom is -0.497 e. The Hall–Kier alpha value is -2.07. The van der Waals surface area contributed by atoms with E-state index in [2.05, 4.69) is 29.7 Å². The van der Waals surface area contributed by atoms with Crippen LogP contribution in [0.2, 0.25) is 0 Å². The van der Waals surface area contributed by atoms with Crippen molar-refractivity contribution in [3.8, 4) is 5.75 Å². The smallest absolute Gasteiger partial charge is 0.171 e. The summed E-state index contributed by atoms with van der Waals surface area (Å²) in [6.07, 6.45) is 0. The van der Waals surface area contributed by atoms with Crippen LogP contribution in [0.3, 0.4) is 0 Å². The van der Waals surface area contributed by atoms with Crippen LogP contribution in [-0.4, -0.2) is 12.2 Å². The monoisotopic (exact) mass is 286 g/mol. The van der Waals surface area contributed by atoms with E-state index in [4.69, 9.17) is 17.0 Å². The maximum atomic E-state index is 5.29. The quantitative estimate of drug-likeness (QED) is 0.843. The summed E-state index contributed by atoms with van der Waals surface area (Å²) < 4.78 is 5.18. The number of anilines is 1. The van der Waals surface area contributed by atoms with Crippen molar-refractivity contribution < 1.29 is 4.74 Å². The highest BCUT2D eigenvalue weighted by atomic mass is 32.1. The minimum absolute atomic E-state index is 0.599. The highest BCUT2D eigenvalue weighted by Crippen LogP contribution is 2.16. The first-order chi connectivity index (χ1) is 9.69. The third-order valence-corrected chi connectivity index (χ3v) is 3.27. The molecular formula is C16H18N2OS. The molecule has 20 heavy (non-hydrogen) atoms. The molecule has 3 nitrogen and oxygen atoms in total. The van der Waals surface area contributed by atoms with Gasteiger partial charge in [0.25, 0.3) is 0 Å². The summed E-state index contributed by atoms with van der Waals surface area (Å²) in [7, 11) is 1.65. The molecule has 0 aliphatic rings. The van der Waals surface area contributed by atoms with Crippen LogP contribution in [0.4, 0.5) is 5.69 Å². The van der Waals surface area contributed by atoms with E-state index in [9.17, 15) is 0 Å². The van der Waals surface area contributed by atoms with E-state index in [1.54, 1.807) is 7.11 Å². The van der Waals surface area contributed by atoms with Crippen LogP contribution in [0.15, 0.2) is 48.5 Å². The Kier molecular flexibility index (Phi) is 4.96. The maximum Gasteiger partial charge on any atom is 0.171 e. The molecule has 2 N–H and O–H groups in total. The molecule has 0 amide bonds. The van der Waals surface area contributed by atoms with Crippen LogP contribution in [-0.2, 0) is 6.54 Å². The molecule has 0 bridgehead atoms. The summed E-state index contributed by atoms with van der Waals surface area (Å²) in [5.41, 5.74) is 3.40. The van der Waals surface area contributed by atoms with E-state index in [-0.39, 0.29) is 0 Å². The number of hydrogen-bond donors (Lipinski definition) is 2. The standard InChI is InChI=1S/C16H18N2OS/c1-12-6-3-4-7-13(12)11-17-16(20)18-14-8-5-9-15(10-14)19-2/h3-10H,11H2,1-2H3,(H2,17,18,20). The van der Waals surface area contributed by atoms with E-state index >= 15 is 0 Å². The number of nitrogens with one attached hydrogen (secondary N) is 2. The van der Waals surface area contributed by atoms with E-state index in [1.807, 2.05) is 36.4 Å². The molecule has 0 radical (unpaired) electrons. The number of thiocarbonyl (C=S) groups is 1. The fraction of sp³-hybridized carbons (Fsp3) is 0.188. The van der Waals surface area contributed by atoms with Crippen LogP contribution < -0.4 is 15.4 Å². The van der Waals surface area contributed by atoms with Crippen molar-refractivity contribution >= 4 is 23.0 Å². The molecule has 104 valence electrons. The van der Waals surface area contributed by atoms with Crippen molar-refractivity contribution in [3.05, 3.63) is 59.7 Å². The molecule has 2 rings (SSSR count). The lowest BCUT2D eigenvalue weighted by Gasteiger charge is -2.12. The SMILES string of the molecule is COc1cccc(NC(=S)NCc2ccccc2C)c1. The van der Waals surface area contributed by atoms with Gasteiger partial charge < -0.3 is 15.4 Å². The second kappa shape index (κ2) is 6.91.